The summed E-state index contributed by atoms with van der Waals surface area (Å²) in [4.78, 5) is 0.0985. The van der Waals surface area contributed by atoms with Gasteiger partial charge in [0, 0.05) is 10.0 Å². The van der Waals surface area contributed by atoms with Crippen LogP contribution in [0.4, 0.5) is 5.69 Å². The van der Waals surface area contributed by atoms with Crippen molar-refractivity contribution in [1.29, 1.82) is 0 Å². The summed E-state index contributed by atoms with van der Waals surface area (Å²) in [7, 11) is -3.76. The van der Waals surface area contributed by atoms with Crippen LogP contribution in [0.2, 0.25) is 0 Å². The van der Waals surface area contributed by atoms with E-state index in [9.17, 15) is 8.42 Å². The molecular formula is C13H11BrN2O2S2. The van der Waals surface area contributed by atoms with Gasteiger partial charge in [0.2, 0.25) is 0 Å². The van der Waals surface area contributed by atoms with Crippen LogP contribution in [0.1, 0.15) is 5.56 Å². The molecule has 0 fully saturated rings. The second kappa shape index (κ2) is 5.90. The first-order chi connectivity index (χ1) is 9.42. The highest BCUT2D eigenvalue weighted by molar-refractivity contribution is 9.10. The Balaban J connectivity index is 2.47. The van der Waals surface area contributed by atoms with Gasteiger partial charge in [-0.2, -0.15) is 0 Å². The number of nitrogens with two attached hydrogens (primary N) is 1. The van der Waals surface area contributed by atoms with Crippen molar-refractivity contribution in [3.05, 3.63) is 58.6 Å². The molecule has 0 aromatic heterocycles. The van der Waals surface area contributed by atoms with Crippen LogP contribution >= 0.6 is 28.1 Å². The number of anilines is 1. The molecule has 4 nitrogen and oxygen atoms in total. The van der Waals surface area contributed by atoms with Gasteiger partial charge in [-0.15, -0.1) is 0 Å². The summed E-state index contributed by atoms with van der Waals surface area (Å²) in [5, 5.41) is 0. The lowest BCUT2D eigenvalue weighted by Gasteiger charge is -2.12. The number of nitrogens with one attached hydrogen (secondary N) is 1. The van der Waals surface area contributed by atoms with E-state index in [4.69, 9.17) is 18.0 Å². The lowest BCUT2D eigenvalue weighted by Crippen LogP contribution is -2.19. The third-order valence-corrected chi connectivity index (χ3v) is 4.90. The van der Waals surface area contributed by atoms with Gasteiger partial charge in [0.05, 0.1) is 10.6 Å². The van der Waals surface area contributed by atoms with Gasteiger partial charge in [-0.3, -0.25) is 4.72 Å². The van der Waals surface area contributed by atoms with E-state index in [1.165, 1.54) is 6.07 Å². The van der Waals surface area contributed by atoms with Gasteiger partial charge < -0.3 is 5.73 Å². The molecule has 0 radical (unpaired) electrons. The average molecular weight is 371 g/mol. The van der Waals surface area contributed by atoms with Crippen molar-refractivity contribution in [2.24, 2.45) is 5.73 Å². The van der Waals surface area contributed by atoms with Crippen molar-refractivity contribution < 1.29 is 8.42 Å². The van der Waals surface area contributed by atoms with Crippen molar-refractivity contribution in [2.75, 3.05) is 4.72 Å². The SMILES string of the molecule is NC(=S)c1ccccc1S(=O)(=O)Nc1ccccc1Br. The maximum Gasteiger partial charge on any atom is 0.262 e. The number of thiocarbonyl (C=S) groups is 1. The number of sulfonamides is 1. The number of hydrogen-bond donors (Lipinski definition) is 2. The minimum Gasteiger partial charge on any atom is -0.389 e. The number of hydrogen-bond acceptors (Lipinski definition) is 3. The Kier molecular flexibility index (Phi) is 4.42. The van der Waals surface area contributed by atoms with E-state index in [1.54, 1.807) is 42.5 Å². The van der Waals surface area contributed by atoms with Gasteiger partial charge in [-0.1, -0.05) is 42.5 Å². The first-order valence-electron chi connectivity index (χ1n) is 5.58. The fourth-order valence-corrected chi connectivity index (χ4v) is 3.71. The third kappa shape index (κ3) is 3.17. The van der Waals surface area contributed by atoms with Gasteiger partial charge in [0.25, 0.3) is 10.0 Å². The van der Waals surface area contributed by atoms with Gasteiger partial charge in [-0.05, 0) is 34.1 Å². The molecule has 2 aromatic carbocycles. The Morgan fingerprint density at radius 2 is 1.70 bits per heavy atom. The van der Waals surface area contributed by atoms with Crippen molar-refractivity contribution >= 4 is 48.8 Å². The zero-order valence-corrected chi connectivity index (χ0v) is 13.4. The van der Waals surface area contributed by atoms with E-state index >= 15 is 0 Å². The summed E-state index contributed by atoms with van der Waals surface area (Å²) >= 11 is 8.18. The predicted molar refractivity (Wildman–Crippen MR) is 87.3 cm³/mol. The number of halogens is 1. The lowest BCUT2D eigenvalue weighted by atomic mass is 10.2. The highest BCUT2D eigenvalue weighted by atomic mass is 79.9. The molecule has 0 unspecified atom stereocenters. The van der Waals surface area contributed by atoms with E-state index in [-0.39, 0.29) is 9.88 Å². The average Bonchev–Trinajstić information content (AvgIpc) is 2.41. The van der Waals surface area contributed by atoms with Crippen molar-refractivity contribution in [3.8, 4) is 0 Å². The summed E-state index contributed by atoms with van der Waals surface area (Å²) in [5.74, 6) is 0. The zero-order chi connectivity index (χ0) is 14.8. The van der Waals surface area contributed by atoms with E-state index in [0.29, 0.717) is 15.7 Å². The molecule has 0 amide bonds. The van der Waals surface area contributed by atoms with Crippen LogP contribution in [0.25, 0.3) is 0 Å². The van der Waals surface area contributed by atoms with Crippen LogP contribution in [0.5, 0.6) is 0 Å². The normalized spacial score (nSPS) is 11.1. The molecule has 2 aromatic rings. The van der Waals surface area contributed by atoms with Crippen LogP contribution in [0, 0.1) is 0 Å². The summed E-state index contributed by atoms with van der Waals surface area (Å²) in [5.41, 5.74) is 6.34. The zero-order valence-electron chi connectivity index (χ0n) is 10.2. The minimum atomic E-state index is -3.76. The summed E-state index contributed by atoms with van der Waals surface area (Å²) in [6.45, 7) is 0. The second-order valence-corrected chi connectivity index (χ2v) is 6.89. The molecular weight excluding hydrogens is 360 g/mol. The minimum absolute atomic E-state index is 0.0399. The van der Waals surface area contributed by atoms with Gasteiger partial charge in [-0.25, -0.2) is 8.42 Å². The predicted octanol–water partition coefficient (Wildman–Crippen LogP) is 2.88. The van der Waals surface area contributed by atoms with E-state index < -0.39 is 10.0 Å². The van der Waals surface area contributed by atoms with Crippen LogP contribution in [0.15, 0.2) is 57.9 Å². The fourth-order valence-electron chi connectivity index (χ4n) is 1.65. The lowest BCUT2D eigenvalue weighted by molar-refractivity contribution is 0.601. The number of rotatable bonds is 4. The highest BCUT2D eigenvalue weighted by Gasteiger charge is 2.20. The van der Waals surface area contributed by atoms with Crippen molar-refractivity contribution in [2.45, 2.75) is 4.90 Å². The van der Waals surface area contributed by atoms with Crippen LogP contribution in [0.3, 0.4) is 0 Å². The Morgan fingerprint density at radius 1 is 1.10 bits per heavy atom. The maximum absolute atomic E-state index is 12.4. The molecule has 0 saturated carbocycles. The standard InChI is InChI=1S/C13H11BrN2O2S2/c14-10-6-2-3-7-11(10)16-20(17,18)12-8-4-1-5-9(12)13(15)19/h1-8,16H,(H2,15,19). The van der Waals surface area contributed by atoms with E-state index in [0.717, 1.165) is 0 Å². The molecule has 0 atom stereocenters. The molecule has 3 N–H and O–H groups in total. The van der Waals surface area contributed by atoms with E-state index in [1.807, 2.05) is 0 Å². The maximum atomic E-state index is 12.4. The first kappa shape index (κ1) is 15.0. The Morgan fingerprint density at radius 3 is 2.35 bits per heavy atom. The van der Waals surface area contributed by atoms with Crippen molar-refractivity contribution in [1.82, 2.24) is 0 Å². The fraction of sp³-hybridized carbons (Fsp3) is 0. The quantitative estimate of drug-likeness (QED) is 0.811. The molecule has 7 heteroatoms. The topological polar surface area (TPSA) is 72.2 Å². The monoisotopic (exact) mass is 370 g/mol. The van der Waals surface area contributed by atoms with Crippen LogP contribution in [-0.4, -0.2) is 13.4 Å². The largest absolute Gasteiger partial charge is 0.389 e. The summed E-state index contributed by atoms with van der Waals surface area (Å²) in [6, 6.07) is 13.3. The molecule has 0 saturated heterocycles. The number of para-hydroxylation sites is 1. The van der Waals surface area contributed by atoms with Crippen LogP contribution < -0.4 is 10.5 Å². The van der Waals surface area contributed by atoms with Gasteiger partial charge in [0.15, 0.2) is 0 Å². The van der Waals surface area contributed by atoms with E-state index in [2.05, 4.69) is 20.7 Å². The Labute approximate surface area is 131 Å². The second-order valence-electron chi connectivity index (χ2n) is 3.95. The van der Waals surface area contributed by atoms with Gasteiger partial charge in [0.1, 0.15) is 4.99 Å². The molecule has 20 heavy (non-hydrogen) atoms. The molecule has 0 heterocycles. The molecule has 0 spiro atoms. The smallest absolute Gasteiger partial charge is 0.262 e. The summed E-state index contributed by atoms with van der Waals surface area (Å²) in [6.07, 6.45) is 0. The molecule has 0 aliphatic heterocycles. The summed E-state index contributed by atoms with van der Waals surface area (Å²) < 4.78 is 28.0. The first-order valence-corrected chi connectivity index (χ1v) is 8.26. The molecule has 0 aliphatic rings. The number of benzene rings is 2. The molecule has 2 rings (SSSR count). The molecule has 0 aliphatic carbocycles. The van der Waals surface area contributed by atoms with Gasteiger partial charge >= 0.3 is 0 Å². The van der Waals surface area contributed by atoms with Crippen LogP contribution in [-0.2, 0) is 10.0 Å². The molecule has 104 valence electrons. The third-order valence-electron chi connectivity index (χ3n) is 2.56. The Hall–Kier alpha value is -1.44. The van der Waals surface area contributed by atoms with Crippen molar-refractivity contribution in [3.63, 3.8) is 0 Å². The Bertz CT molecular complexity index is 760. The molecule has 0 bridgehead atoms. The highest BCUT2D eigenvalue weighted by Crippen LogP contribution is 2.25.